The van der Waals surface area contributed by atoms with Crippen molar-refractivity contribution in [3.63, 3.8) is 0 Å². The van der Waals surface area contributed by atoms with E-state index in [0.717, 1.165) is 24.0 Å². The Bertz CT molecular complexity index is 577. The maximum Gasteiger partial charge on any atom is 0.131 e. The van der Waals surface area contributed by atoms with Gasteiger partial charge in [0.1, 0.15) is 5.82 Å². The van der Waals surface area contributed by atoms with E-state index in [1.165, 1.54) is 5.56 Å². The number of hydrogen-bond donors (Lipinski definition) is 1. The van der Waals surface area contributed by atoms with Crippen LogP contribution in [0.4, 0.5) is 4.39 Å². The minimum atomic E-state index is -0.161. The number of halogens is 1. The maximum atomic E-state index is 14.1. The van der Waals surface area contributed by atoms with Crippen LogP contribution in [0, 0.1) is 5.82 Å². The van der Waals surface area contributed by atoms with Gasteiger partial charge in [0.2, 0.25) is 0 Å². The van der Waals surface area contributed by atoms with Crippen molar-refractivity contribution in [2.45, 2.75) is 32.7 Å². The molecule has 0 radical (unpaired) electrons. The van der Waals surface area contributed by atoms with Gasteiger partial charge in [0.05, 0.1) is 0 Å². The van der Waals surface area contributed by atoms with Gasteiger partial charge in [-0.2, -0.15) is 0 Å². The summed E-state index contributed by atoms with van der Waals surface area (Å²) >= 11 is 0. The lowest BCUT2D eigenvalue weighted by molar-refractivity contribution is 0.622. The third-order valence-electron chi connectivity index (χ3n) is 3.70. The van der Waals surface area contributed by atoms with Gasteiger partial charge >= 0.3 is 0 Å². The van der Waals surface area contributed by atoms with E-state index >= 15 is 0 Å². The fourth-order valence-corrected chi connectivity index (χ4v) is 2.38. The van der Waals surface area contributed by atoms with Crippen molar-refractivity contribution >= 4 is 0 Å². The Morgan fingerprint density at radius 3 is 2.65 bits per heavy atom. The van der Waals surface area contributed by atoms with Crippen molar-refractivity contribution < 1.29 is 4.39 Å². The largest absolute Gasteiger partial charge is 0.313 e. The van der Waals surface area contributed by atoms with E-state index in [4.69, 9.17) is 0 Å². The summed E-state index contributed by atoms with van der Waals surface area (Å²) in [5.41, 5.74) is 4.00. The Labute approximate surface area is 120 Å². The SMILES string of the molecule is CCCc1cccc(-c2cc(C(C)NC)ccc2F)c1. The quantitative estimate of drug-likeness (QED) is 0.829. The number of hydrogen-bond acceptors (Lipinski definition) is 1. The molecule has 2 aromatic carbocycles. The van der Waals surface area contributed by atoms with Crippen LogP contribution >= 0.6 is 0 Å². The van der Waals surface area contributed by atoms with Gasteiger partial charge in [0, 0.05) is 11.6 Å². The predicted molar refractivity (Wildman–Crippen MR) is 83.3 cm³/mol. The van der Waals surface area contributed by atoms with E-state index in [0.29, 0.717) is 5.56 Å². The number of rotatable bonds is 5. The Balaban J connectivity index is 2.43. The molecule has 2 aromatic rings. The van der Waals surface area contributed by atoms with Gasteiger partial charge in [-0.05, 0) is 49.2 Å². The Morgan fingerprint density at radius 2 is 1.95 bits per heavy atom. The normalized spacial score (nSPS) is 12.4. The zero-order chi connectivity index (χ0) is 14.5. The number of aryl methyl sites for hydroxylation is 1. The van der Waals surface area contributed by atoms with Crippen molar-refractivity contribution in [2.24, 2.45) is 0 Å². The van der Waals surface area contributed by atoms with Gasteiger partial charge in [0.15, 0.2) is 0 Å². The summed E-state index contributed by atoms with van der Waals surface area (Å²) in [5, 5.41) is 3.19. The molecular formula is C18H22FN. The van der Waals surface area contributed by atoms with Crippen LogP contribution in [0.25, 0.3) is 11.1 Å². The summed E-state index contributed by atoms with van der Waals surface area (Å²) in [4.78, 5) is 0. The van der Waals surface area contributed by atoms with Crippen LogP contribution in [-0.4, -0.2) is 7.05 Å². The van der Waals surface area contributed by atoms with E-state index in [9.17, 15) is 4.39 Å². The second-order valence-corrected chi connectivity index (χ2v) is 5.20. The minimum Gasteiger partial charge on any atom is -0.313 e. The van der Waals surface area contributed by atoms with Gasteiger partial charge in [0.25, 0.3) is 0 Å². The molecule has 1 unspecified atom stereocenters. The second kappa shape index (κ2) is 6.67. The molecule has 2 heteroatoms. The highest BCUT2D eigenvalue weighted by Crippen LogP contribution is 2.27. The molecule has 0 amide bonds. The van der Waals surface area contributed by atoms with Gasteiger partial charge in [-0.25, -0.2) is 4.39 Å². The number of nitrogens with one attached hydrogen (secondary N) is 1. The van der Waals surface area contributed by atoms with Crippen LogP contribution in [0.15, 0.2) is 42.5 Å². The lowest BCUT2D eigenvalue weighted by Crippen LogP contribution is -2.12. The molecule has 0 aliphatic rings. The first-order valence-electron chi connectivity index (χ1n) is 7.21. The Morgan fingerprint density at radius 1 is 1.15 bits per heavy atom. The molecule has 1 atom stereocenters. The molecule has 0 spiro atoms. The molecule has 0 bridgehead atoms. The standard InChI is InChI=1S/C18H22FN/c1-4-6-14-7-5-8-16(11-14)17-12-15(13(2)20-3)9-10-18(17)19/h5,7-13,20H,4,6H2,1-3H3. The van der Waals surface area contributed by atoms with Crippen molar-refractivity contribution in [1.82, 2.24) is 5.32 Å². The van der Waals surface area contributed by atoms with Gasteiger partial charge in [-0.15, -0.1) is 0 Å². The van der Waals surface area contributed by atoms with E-state index in [1.54, 1.807) is 6.07 Å². The highest BCUT2D eigenvalue weighted by atomic mass is 19.1. The molecule has 0 aliphatic heterocycles. The average Bonchev–Trinajstić information content (AvgIpc) is 2.47. The third kappa shape index (κ3) is 3.26. The first kappa shape index (κ1) is 14.7. The van der Waals surface area contributed by atoms with Crippen LogP contribution in [0.2, 0.25) is 0 Å². The summed E-state index contributed by atoms with van der Waals surface area (Å²) in [6.45, 7) is 4.23. The van der Waals surface area contributed by atoms with Crippen molar-refractivity contribution in [3.05, 3.63) is 59.4 Å². The van der Waals surface area contributed by atoms with Crippen LogP contribution < -0.4 is 5.32 Å². The minimum absolute atomic E-state index is 0.161. The van der Waals surface area contributed by atoms with Crippen molar-refractivity contribution in [3.8, 4) is 11.1 Å². The zero-order valence-corrected chi connectivity index (χ0v) is 12.4. The molecule has 0 aliphatic carbocycles. The van der Waals surface area contributed by atoms with Crippen molar-refractivity contribution in [1.29, 1.82) is 0 Å². The molecule has 1 nitrogen and oxygen atoms in total. The van der Waals surface area contributed by atoms with E-state index in [2.05, 4.69) is 31.3 Å². The first-order chi connectivity index (χ1) is 9.65. The highest BCUT2D eigenvalue weighted by Gasteiger charge is 2.10. The average molecular weight is 271 g/mol. The van der Waals surface area contributed by atoms with E-state index in [1.807, 2.05) is 31.3 Å². The summed E-state index contributed by atoms with van der Waals surface area (Å²) in [7, 11) is 1.91. The fourth-order valence-electron chi connectivity index (χ4n) is 2.38. The van der Waals surface area contributed by atoms with Gasteiger partial charge < -0.3 is 5.32 Å². The monoisotopic (exact) mass is 271 g/mol. The zero-order valence-electron chi connectivity index (χ0n) is 12.4. The second-order valence-electron chi connectivity index (χ2n) is 5.20. The molecule has 1 N–H and O–H groups in total. The van der Waals surface area contributed by atoms with Crippen LogP contribution in [-0.2, 0) is 6.42 Å². The molecule has 0 heterocycles. The summed E-state index contributed by atoms with van der Waals surface area (Å²) < 4.78 is 14.1. The molecule has 0 aromatic heterocycles. The van der Waals surface area contributed by atoms with Crippen LogP contribution in [0.1, 0.15) is 37.4 Å². The molecule has 106 valence electrons. The smallest absolute Gasteiger partial charge is 0.131 e. The number of benzene rings is 2. The summed E-state index contributed by atoms with van der Waals surface area (Å²) in [6, 6.07) is 13.7. The molecule has 2 rings (SSSR count). The maximum absolute atomic E-state index is 14.1. The lowest BCUT2D eigenvalue weighted by Gasteiger charge is -2.13. The Hall–Kier alpha value is -1.67. The molecule has 20 heavy (non-hydrogen) atoms. The van der Waals surface area contributed by atoms with E-state index < -0.39 is 0 Å². The fraction of sp³-hybridized carbons (Fsp3) is 0.333. The van der Waals surface area contributed by atoms with Crippen LogP contribution in [0.3, 0.4) is 0 Å². The van der Waals surface area contributed by atoms with Gasteiger partial charge in [-0.1, -0.05) is 43.7 Å². The highest BCUT2D eigenvalue weighted by molar-refractivity contribution is 5.66. The molecule has 0 saturated carbocycles. The topological polar surface area (TPSA) is 12.0 Å². The van der Waals surface area contributed by atoms with Crippen LogP contribution in [0.5, 0.6) is 0 Å². The van der Waals surface area contributed by atoms with Gasteiger partial charge in [-0.3, -0.25) is 0 Å². The molecule has 0 saturated heterocycles. The predicted octanol–water partition coefficient (Wildman–Crippen LogP) is 4.73. The molecule has 0 fully saturated rings. The first-order valence-corrected chi connectivity index (χ1v) is 7.21. The molecular weight excluding hydrogens is 249 g/mol. The Kier molecular flexibility index (Phi) is 4.91. The summed E-state index contributed by atoms with van der Waals surface area (Å²) in [6.07, 6.45) is 2.13. The third-order valence-corrected chi connectivity index (χ3v) is 3.70. The summed E-state index contributed by atoms with van der Waals surface area (Å²) in [5.74, 6) is -0.161. The lowest BCUT2D eigenvalue weighted by atomic mass is 9.97. The van der Waals surface area contributed by atoms with Crippen molar-refractivity contribution in [2.75, 3.05) is 7.05 Å². The van der Waals surface area contributed by atoms with E-state index in [-0.39, 0.29) is 11.9 Å².